The number of hydrogen-bond acceptors (Lipinski definition) is 6. The minimum absolute atomic E-state index is 0.0334. The molecule has 0 fully saturated rings. The highest BCUT2D eigenvalue weighted by Crippen LogP contribution is 2.28. The molecule has 0 aliphatic rings. The second-order valence-electron chi connectivity index (χ2n) is 6.33. The fraction of sp³-hybridized carbons (Fsp3) is 0.474. The van der Waals surface area contributed by atoms with Gasteiger partial charge in [-0.2, -0.15) is 0 Å². The number of amides is 1. The van der Waals surface area contributed by atoms with Gasteiger partial charge in [-0.1, -0.05) is 36.9 Å². The Kier molecular flexibility index (Phi) is 6.63. The van der Waals surface area contributed by atoms with Crippen LogP contribution in [-0.2, 0) is 16.1 Å². The van der Waals surface area contributed by atoms with Crippen molar-refractivity contribution >= 4 is 39.7 Å². The van der Waals surface area contributed by atoms with Crippen molar-refractivity contribution in [1.29, 1.82) is 0 Å². The Morgan fingerprint density at radius 3 is 2.93 bits per heavy atom. The summed E-state index contributed by atoms with van der Waals surface area (Å²) in [6.45, 7) is 6.09. The molecule has 7 nitrogen and oxygen atoms in total. The summed E-state index contributed by atoms with van der Waals surface area (Å²) in [5.41, 5.74) is 2.74. The topological polar surface area (TPSA) is 81.9 Å². The number of benzene rings is 1. The molecule has 27 heavy (non-hydrogen) atoms. The number of aryl methyl sites for hydroxylation is 1. The van der Waals surface area contributed by atoms with E-state index in [9.17, 15) is 4.79 Å². The van der Waals surface area contributed by atoms with Gasteiger partial charge in [0.15, 0.2) is 5.65 Å². The predicted molar refractivity (Wildman–Crippen MR) is 108 cm³/mol. The van der Waals surface area contributed by atoms with Gasteiger partial charge in [0.05, 0.1) is 10.8 Å². The number of hydrogen-bond donors (Lipinski definition) is 1. The van der Waals surface area contributed by atoms with Gasteiger partial charge < -0.3 is 14.6 Å². The Morgan fingerprint density at radius 1 is 1.33 bits per heavy atom. The van der Waals surface area contributed by atoms with Gasteiger partial charge >= 0.3 is 0 Å². The van der Waals surface area contributed by atoms with E-state index in [1.807, 2.05) is 25.1 Å². The summed E-state index contributed by atoms with van der Waals surface area (Å²) in [5.74, 6) is -0.0334. The third-order valence-corrected chi connectivity index (χ3v) is 5.23. The van der Waals surface area contributed by atoms with Crippen LogP contribution in [0.2, 0.25) is 0 Å². The molecular weight excluding hydrogens is 362 g/mol. The van der Waals surface area contributed by atoms with Gasteiger partial charge in [0.1, 0.15) is 5.52 Å². The molecule has 3 aromatic rings. The van der Waals surface area contributed by atoms with E-state index in [1.54, 1.807) is 7.11 Å². The third-order valence-electron chi connectivity index (χ3n) is 4.28. The molecule has 0 saturated heterocycles. The number of methoxy groups -OCH3 is 1. The average molecular weight is 388 g/mol. The summed E-state index contributed by atoms with van der Waals surface area (Å²) in [5, 5.41) is 12.8. The van der Waals surface area contributed by atoms with E-state index in [4.69, 9.17) is 9.72 Å². The number of rotatable bonds is 9. The number of para-hydroxylation sites is 1. The maximum atomic E-state index is 12.2. The molecule has 3 rings (SSSR count). The molecule has 2 aromatic heterocycles. The van der Waals surface area contributed by atoms with Crippen LogP contribution in [0.1, 0.15) is 26.7 Å². The molecule has 1 atom stereocenters. The molecule has 2 heterocycles. The quantitative estimate of drug-likeness (QED) is 0.449. The Bertz CT molecular complexity index is 927. The van der Waals surface area contributed by atoms with E-state index < -0.39 is 0 Å². The maximum Gasteiger partial charge on any atom is 0.233 e. The van der Waals surface area contributed by atoms with E-state index in [0.29, 0.717) is 18.3 Å². The fourth-order valence-electron chi connectivity index (χ4n) is 2.97. The second kappa shape index (κ2) is 9.14. The van der Waals surface area contributed by atoms with E-state index in [-0.39, 0.29) is 11.2 Å². The van der Waals surface area contributed by atoms with Crippen LogP contribution in [0.3, 0.4) is 0 Å². The molecule has 0 aliphatic heterocycles. The lowest BCUT2D eigenvalue weighted by Crippen LogP contribution is -2.32. The van der Waals surface area contributed by atoms with Crippen molar-refractivity contribution < 1.29 is 9.53 Å². The van der Waals surface area contributed by atoms with Gasteiger partial charge in [0, 0.05) is 32.2 Å². The monoisotopic (exact) mass is 387 g/mol. The molecule has 1 N–H and O–H groups in total. The van der Waals surface area contributed by atoms with Crippen LogP contribution < -0.4 is 5.32 Å². The van der Waals surface area contributed by atoms with Crippen molar-refractivity contribution in [2.45, 2.75) is 43.6 Å². The largest absolute Gasteiger partial charge is 0.385 e. The van der Waals surface area contributed by atoms with Gasteiger partial charge in [-0.3, -0.25) is 4.79 Å². The minimum atomic E-state index is -0.296. The van der Waals surface area contributed by atoms with Crippen molar-refractivity contribution in [3.05, 3.63) is 24.3 Å². The van der Waals surface area contributed by atoms with E-state index in [2.05, 4.69) is 33.1 Å². The number of aromatic nitrogens is 4. The lowest BCUT2D eigenvalue weighted by molar-refractivity contribution is -0.120. The number of carbonyl (C=O) groups is 1. The summed E-state index contributed by atoms with van der Waals surface area (Å²) < 4.78 is 7.17. The molecule has 8 heteroatoms. The number of fused-ring (bicyclic) bond motifs is 3. The van der Waals surface area contributed by atoms with Gasteiger partial charge in [0.2, 0.25) is 11.1 Å². The fourth-order valence-corrected chi connectivity index (χ4v) is 3.71. The Labute approximate surface area is 162 Å². The van der Waals surface area contributed by atoms with Crippen molar-refractivity contribution in [2.75, 3.05) is 20.3 Å². The molecule has 0 saturated carbocycles. The molecule has 1 unspecified atom stereocenters. The molecule has 0 spiro atoms. The van der Waals surface area contributed by atoms with Crippen LogP contribution in [0.25, 0.3) is 22.1 Å². The van der Waals surface area contributed by atoms with Crippen molar-refractivity contribution in [3.8, 4) is 0 Å². The summed E-state index contributed by atoms with van der Waals surface area (Å²) >= 11 is 1.33. The Balaban J connectivity index is 1.80. The molecular formula is C19H25N5O2S. The van der Waals surface area contributed by atoms with E-state index in [0.717, 1.165) is 41.5 Å². The normalized spacial score (nSPS) is 12.6. The first kappa shape index (κ1) is 19.6. The summed E-state index contributed by atoms with van der Waals surface area (Å²) in [6.07, 6.45) is 1.79. The smallest absolute Gasteiger partial charge is 0.233 e. The Hall–Kier alpha value is -2.19. The zero-order valence-corrected chi connectivity index (χ0v) is 16.8. The minimum Gasteiger partial charge on any atom is -0.385 e. The highest BCUT2D eigenvalue weighted by molar-refractivity contribution is 8.00. The van der Waals surface area contributed by atoms with Crippen LogP contribution in [0.4, 0.5) is 0 Å². The van der Waals surface area contributed by atoms with Gasteiger partial charge in [0.25, 0.3) is 0 Å². The SMILES string of the molecule is CCCn1c2ccccc2c2nnc(SC(C)C(=O)NCCCOC)nc21. The molecule has 144 valence electrons. The van der Waals surface area contributed by atoms with Crippen LogP contribution in [0, 0.1) is 0 Å². The number of nitrogens with one attached hydrogen (secondary N) is 1. The van der Waals surface area contributed by atoms with E-state index >= 15 is 0 Å². The lowest BCUT2D eigenvalue weighted by Gasteiger charge is -2.11. The molecule has 0 bridgehead atoms. The highest BCUT2D eigenvalue weighted by Gasteiger charge is 2.18. The van der Waals surface area contributed by atoms with Crippen LogP contribution in [-0.4, -0.2) is 51.2 Å². The van der Waals surface area contributed by atoms with Crippen molar-refractivity contribution in [3.63, 3.8) is 0 Å². The number of thioether (sulfide) groups is 1. The summed E-state index contributed by atoms with van der Waals surface area (Å²) in [7, 11) is 1.65. The van der Waals surface area contributed by atoms with Gasteiger partial charge in [-0.05, 0) is 25.8 Å². The van der Waals surface area contributed by atoms with Crippen LogP contribution in [0.5, 0.6) is 0 Å². The maximum absolute atomic E-state index is 12.2. The summed E-state index contributed by atoms with van der Waals surface area (Å²) in [4.78, 5) is 16.9. The Morgan fingerprint density at radius 2 is 2.15 bits per heavy atom. The average Bonchev–Trinajstić information content (AvgIpc) is 2.99. The third kappa shape index (κ3) is 4.39. The van der Waals surface area contributed by atoms with Crippen molar-refractivity contribution in [2.24, 2.45) is 0 Å². The molecule has 1 aromatic carbocycles. The van der Waals surface area contributed by atoms with Gasteiger partial charge in [-0.15, -0.1) is 10.2 Å². The first-order valence-electron chi connectivity index (χ1n) is 9.20. The van der Waals surface area contributed by atoms with Crippen molar-refractivity contribution in [1.82, 2.24) is 25.1 Å². The molecule has 0 aliphatic carbocycles. The zero-order chi connectivity index (χ0) is 19.2. The highest BCUT2D eigenvalue weighted by atomic mass is 32.2. The first-order chi connectivity index (χ1) is 13.2. The number of carbonyl (C=O) groups excluding carboxylic acids is 1. The van der Waals surface area contributed by atoms with Crippen LogP contribution in [0.15, 0.2) is 29.4 Å². The molecule has 0 radical (unpaired) electrons. The first-order valence-corrected chi connectivity index (χ1v) is 10.1. The van der Waals surface area contributed by atoms with Crippen LogP contribution >= 0.6 is 11.8 Å². The lowest BCUT2D eigenvalue weighted by atomic mass is 10.2. The zero-order valence-electron chi connectivity index (χ0n) is 15.9. The summed E-state index contributed by atoms with van der Waals surface area (Å²) in [6, 6.07) is 8.14. The number of nitrogens with zero attached hydrogens (tertiary/aromatic N) is 4. The van der Waals surface area contributed by atoms with E-state index in [1.165, 1.54) is 11.8 Å². The second-order valence-corrected chi connectivity index (χ2v) is 7.64. The molecule has 1 amide bonds. The van der Waals surface area contributed by atoms with Gasteiger partial charge in [-0.25, -0.2) is 4.98 Å². The predicted octanol–water partition coefficient (Wildman–Crippen LogP) is 3.02. The number of ether oxygens (including phenoxy) is 1. The standard InChI is InChI=1S/C19H25N5O2S/c1-4-11-24-15-9-6-5-8-14(15)16-17(24)21-19(23-22-16)27-13(2)18(25)20-10-7-12-26-3/h5-6,8-9,13H,4,7,10-12H2,1-3H3,(H,20,25).